The van der Waals surface area contributed by atoms with Crippen LogP contribution < -0.4 is 10.1 Å². The Morgan fingerprint density at radius 3 is 2.88 bits per heavy atom. The van der Waals surface area contributed by atoms with Gasteiger partial charge in [-0.25, -0.2) is 9.78 Å². The molecule has 0 spiro atoms. The first kappa shape index (κ1) is 11.7. The van der Waals surface area contributed by atoms with Crippen LogP contribution in [0.4, 0.5) is 5.69 Å². The number of anilines is 1. The number of aromatic nitrogens is 1. The van der Waals surface area contributed by atoms with Crippen molar-refractivity contribution < 1.29 is 19.4 Å². The van der Waals surface area contributed by atoms with Crippen LogP contribution in [0.2, 0.25) is 0 Å². The van der Waals surface area contributed by atoms with Crippen molar-refractivity contribution in [3.05, 3.63) is 23.9 Å². The summed E-state index contributed by atoms with van der Waals surface area (Å²) in [6, 6.07) is 3.13. The van der Waals surface area contributed by atoms with Crippen molar-refractivity contribution in [3.63, 3.8) is 0 Å². The number of hydrogen-bond donors (Lipinski definition) is 2. The number of carbonyl (C=O) groups is 2. The highest BCUT2D eigenvalue weighted by molar-refractivity contribution is 5.85. The van der Waals surface area contributed by atoms with Gasteiger partial charge in [-0.3, -0.25) is 4.79 Å². The van der Waals surface area contributed by atoms with Crippen LogP contribution in [0.15, 0.2) is 18.2 Å². The van der Waals surface area contributed by atoms with E-state index >= 15 is 0 Å². The zero-order valence-electron chi connectivity index (χ0n) is 8.51. The molecule has 0 saturated heterocycles. The molecule has 0 aromatic carbocycles. The molecule has 1 rings (SSSR count). The number of nitrogens with one attached hydrogen (secondary N) is 1. The summed E-state index contributed by atoms with van der Waals surface area (Å²) in [5, 5.41) is 10.8. The lowest BCUT2D eigenvalue weighted by Crippen LogP contribution is -2.00. The second-order valence-electron chi connectivity index (χ2n) is 2.73. The fourth-order valence-corrected chi connectivity index (χ4v) is 1.03. The highest BCUT2D eigenvalue weighted by atomic mass is 16.5. The van der Waals surface area contributed by atoms with Crippen LogP contribution >= 0.6 is 0 Å². The molecule has 0 radical (unpaired) electrons. The summed E-state index contributed by atoms with van der Waals surface area (Å²) in [4.78, 5) is 24.5. The molecule has 2 N–H and O–H groups in total. The van der Waals surface area contributed by atoms with Gasteiger partial charge in [0.1, 0.15) is 5.69 Å². The van der Waals surface area contributed by atoms with Gasteiger partial charge in [-0.2, -0.15) is 0 Å². The van der Waals surface area contributed by atoms with E-state index in [0.717, 1.165) is 6.08 Å². The standard InChI is InChI=1S/C10H10N2O4/c1-16-10-8(11-6-13)4-2-7(12-10)3-5-9(14)15/h2-6H,1H3,(H,11,13)(H,14,15). The van der Waals surface area contributed by atoms with Gasteiger partial charge < -0.3 is 15.2 Å². The van der Waals surface area contributed by atoms with Gasteiger partial charge in [0.2, 0.25) is 12.3 Å². The Morgan fingerprint density at radius 2 is 2.31 bits per heavy atom. The maximum atomic E-state index is 10.3. The summed E-state index contributed by atoms with van der Waals surface area (Å²) in [5.41, 5.74) is 0.848. The SMILES string of the molecule is COc1nc(C=CC(=O)O)ccc1NC=O. The molecule has 0 fully saturated rings. The Hall–Kier alpha value is -2.37. The summed E-state index contributed by atoms with van der Waals surface area (Å²) in [7, 11) is 1.41. The minimum absolute atomic E-state index is 0.222. The van der Waals surface area contributed by atoms with E-state index < -0.39 is 5.97 Å². The van der Waals surface area contributed by atoms with Crippen molar-refractivity contribution in [2.45, 2.75) is 0 Å². The third-order valence-electron chi connectivity index (χ3n) is 1.69. The second kappa shape index (κ2) is 5.50. The highest BCUT2D eigenvalue weighted by Gasteiger charge is 2.03. The van der Waals surface area contributed by atoms with E-state index in [9.17, 15) is 9.59 Å². The van der Waals surface area contributed by atoms with Crippen molar-refractivity contribution in [2.75, 3.05) is 12.4 Å². The van der Waals surface area contributed by atoms with Gasteiger partial charge in [0.25, 0.3) is 0 Å². The molecule has 6 heteroatoms. The number of carbonyl (C=O) groups excluding carboxylic acids is 1. The van der Waals surface area contributed by atoms with Gasteiger partial charge in [-0.05, 0) is 18.2 Å². The number of rotatable bonds is 5. The Balaban J connectivity index is 2.98. The minimum Gasteiger partial charge on any atom is -0.479 e. The first-order chi connectivity index (χ1) is 7.67. The molecule has 0 unspecified atom stereocenters. The molecule has 0 saturated carbocycles. The van der Waals surface area contributed by atoms with E-state index in [1.807, 2.05) is 0 Å². The average Bonchev–Trinajstić information content (AvgIpc) is 2.28. The third kappa shape index (κ3) is 3.09. The Labute approximate surface area is 91.6 Å². The lowest BCUT2D eigenvalue weighted by Gasteiger charge is -2.06. The molecule has 1 heterocycles. The lowest BCUT2D eigenvalue weighted by molar-refractivity contribution is -0.131. The molecule has 16 heavy (non-hydrogen) atoms. The molecular weight excluding hydrogens is 212 g/mol. The summed E-state index contributed by atoms with van der Waals surface area (Å²) in [5.74, 6) is -0.838. The molecule has 0 aliphatic rings. The number of carboxylic acid groups (broad SMARTS) is 1. The van der Waals surface area contributed by atoms with E-state index in [4.69, 9.17) is 9.84 Å². The van der Waals surface area contributed by atoms with Crippen molar-refractivity contribution in [3.8, 4) is 5.88 Å². The zero-order chi connectivity index (χ0) is 12.0. The van der Waals surface area contributed by atoms with Crippen LogP contribution in [0.25, 0.3) is 6.08 Å². The maximum absolute atomic E-state index is 10.3. The smallest absolute Gasteiger partial charge is 0.328 e. The predicted octanol–water partition coefficient (Wildman–Crippen LogP) is 0.756. The molecule has 0 aliphatic carbocycles. The monoisotopic (exact) mass is 222 g/mol. The number of aliphatic carboxylic acids is 1. The predicted molar refractivity (Wildman–Crippen MR) is 57.1 cm³/mol. The van der Waals surface area contributed by atoms with Crippen LogP contribution in [-0.4, -0.2) is 29.6 Å². The molecule has 84 valence electrons. The Morgan fingerprint density at radius 1 is 1.56 bits per heavy atom. The highest BCUT2D eigenvalue weighted by Crippen LogP contribution is 2.21. The molecule has 0 atom stereocenters. The summed E-state index contributed by atoms with van der Waals surface area (Å²) >= 11 is 0. The number of nitrogens with zero attached hydrogens (tertiary/aromatic N) is 1. The first-order valence-corrected chi connectivity index (χ1v) is 4.33. The van der Waals surface area contributed by atoms with E-state index in [1.165, 1.54) is 13.2 Å². The quantitative estimate of drug-likeness (QED) is 0.567. The fraction of sp³-hybridized carbons (Fsp3) is 0.100. The average molecular weight is 222 g/mol. The van der Waals surface area contributed by atoms with E-state index in [2.05, 4.69) is 10.3 Å². The van der Waals surface area contributed by atoms with E-state index in [1.54, 1.807) is 12.1 Å². The Bertz CT molecular complexity index is 429. The van der Waals surface area contributed by atoms with Crippen molar-refractivity contribution >= 4 is 24.1 Å². The minimum atomic E-state index is -1.06. The third-order valence-corrected chi connectivity index (χ3v) is 1.69. The molecular formula is C10H10N2O4. The molecule has 6 nitrogen and oxygen atoms in total. The molecule has 0 aliphatic heterocycles. The summed E-state index contributed by atoms with van der Waals surface area (Å²) in [6.07, 6.45) is 2.80. The summed E-state index contributed by atoms with van der Waals surface area (Å²) in [6.45, 7) is 0. The number of methoxy groups -OCH3 is 1. The zero-order valence-corrected chi connectivity index (χ0v) is 8.51. The van der Waals surface area contributed by atoms with Gasteiger partial charge in [0.15, 0.2) is 0 Å². The number of ether oxygens (including phenoxy) is 1. The second-order valence-corrected chi connectivity index (χ2v) is 2.73. The number of amides is 1. The van der Waals surface area contributed by atoms with E-state index in [0.29, 0.717) is 17.8 Å². The van der Waals surface area contributed by atoms with Crippen molar-refractivity contribution in [2.24, 2.45) is 0 Å². The number of pyridine rings is 1. The topological polar surface area (TPSA) is 88.5 Å². The molecule has 1 aromatic heterocycles. The van der Waals surface area contributed by atoms with Crippen LogP contribution in [0, 0.1) is 0 Å². The first-order valence-electron chi connectivity index (χ1n) is 4.33. The van der Waals surface area contributed by atoms with Gasteiger partial charge >= 0.3 is 5.97 Å². The van der Waals surface area contributed by atoms with Gasteiger partial charge in [0, 0.05) is 6.08 Å². The molecule has 1 amide bonds. The van der Waals surface area contributed by atoms with Crippen LogP contribution in [0.5, 0.6) is 5.88 Å². The largest absolute Gasteiger partial charge is 0.479 e. The van der Waals surface area contributed by atoms with Crippen molar-refractivity contribution in [1.29, 1.82) is 0 Å². The maximum Gasteiger partial charge on any atom is 0.328 e. The molecule has 0 bridgehead atoms. The summed E-state index contributed by atoms with van der Waals surface area (Å²) < 4.78 is 4.93. The van der Waals surface area contributed by atoms with Gasteiger partial charge in [-0.1, -0.05) is 0 Å². The fourth-order valence-electron chi connectivity index (χ4n) is 1.03. The van der Waals surface area contributed by atoms with Gasteiger partial charge in [0.05, 0.1) is 12.8 Å². The number of carboxylic acids is 1. The van der Waals surface area contributed by atoms with Crippen LogP contribution in [-0.2, 0) is 9.59 Å². The normalized spacial score (nSPS) is 10.1. The molecule has 1 aromatic rings. The van der Waals surface area contributed by atoms with Gasteiger partial charge in [-0.15, -0.1) is 0 Å². The van der Waals surface area contributed by atoms with Crippen LogP contribution in [0.3, 0.4) is 0 Å². The number of hydrogen-bond acceptors (Lipinski definition) is 4. The van der Waals surface area contributed by atoms with Crippen LogP contribution in [0.1, 0.15) is 5.69 Å². The Kier molecular flexibility index (Phi) is 4.02. The van der Waals surface area contributed by atoms with E-state index in [-0.39, 0.29) is 5.88 Å². The lowest BCUT2D eigenvalue weighted by atomic mass is 10.3. The van der Waals surface area contributed by atoms with Crippen molar-refractivity contribution in [1.82, 2.24) is 4.98 Å².